The maximum absolute atomic E-state index is 5.43. The van der Waals surface area contributed by atoms with E-state index in [0.717, 1.165) is 0 Å². The van der Waals surface area contributed by atoms with Crippen LogP contribution in [0, 0.1) is 0 Å². The molecule has 1 unspecified atom stereocenters. The highest BCUT2D eigenvalue weighted by Gasteiger charge is 2.02. The lowest BCUT2D eigenvalue weighted by Gasteiger charge is -2.05. The van der Waals surface area contributed by atoms with Gasteiger partial charge in [-0.1, -0.05) is 0 Å². The van der Waals surface area contributed by atoms with Gasteiger partial charge >= 0.3 is 0 Å². The smallest absolute Gasteiger partial charge is 0.160 e. The highest BCUT2D eigenvalue weighted by molar-refractivity contribution is 4.92. The summed E-state index contributed by atoms with van der Waals surface area (Å²) in [5.41, 5.74) is 7.77. The van der Waals surface area contributed by atoms with Crippen molar-refractivity contribution in [2.45, 2.75) is 6.17 Å². The van der Waals surface area contributed by atoms with Gasteiger partial charge in [-0.2, -0.15) is 0 Å². The zero-order chi connectivity index (χ0) is 7.40. The molecule has 1 rings (SSSR count). The molecule has 0 fully saturated rings. The van der Waals surface area contributed by atoms with Crippen molar-refractivity contribution in [1.82, 2.24) is 15.4 Å². The van der Waals surface area contributed by atoms with Crippen molar-refractivity contribution in [3.8, 4) is 0 Å². The molecular weight excluding hydrogens is 130 g/mol. The fraction of sp³-hybridized carbons (Fsp3) is 0.200. The molecular formula is C5H9N5. The van der Waals surface area contributed by atoms with Crippen LogP contribution < -0.4 is 17.0 Å². The second-order valence-electron chi connectivity index (χ2n) is 1.75. The van der Waals surface area contributed by atoms with Crippen molar-refractivity contribution in [2.24, 2.45) is 11.6 Å². The SMILES string of the molecule is NNC(N)c1ncccn1. The Kier molecular flexibility index (Phi) is 2.27. The van der Waals surface area contributed by atoms with Crippen molar-refractivity contribution in [2.75, 3.05) is 0 Å². The van der Waals surface area contributed by atoms with Gasteiger partial charge in [-0.25, -0.2) is 15.4 Å². The molecule has 10 heavy (non-hydrogen) atoms. The van der Waals surface area contributed by atoms with E-state index in [1.807, 2.05) is 0 Å². The molecule has 0 aliphatic rings. The van der Waals surface area contributed by atoms with Crippen LogP contribution in [-0.2, 0) is 0 Å². The van der Waals surface area contributed by atoms with Gasteiger partial charge in [0.2, 0.25) is 0 Å². The van der Waals surface area contributed by atoms with E-state index in [1.165, 1.54) is 0 Å². The Hall–Kier alpha value is -1.04. The maximum atomic E-state index is 5.43. The Morgan fingerprint density at radius 1 is 1.40 bits per heavy atom. The van der Waals surface area contributed by atoms with E-state index in [-0.39, 0.29) is 0 Å². The van der Waals surface area contributed by atoms with Crippen LogP contribution in [0.2, 0.25) is 0 Å². The van der Waals surface area contributed by atoms with Crippen LogP contribution in [-0.4, -0.2) is 9.97 Å². The van der Waals surface area contributed by atoms with Gasteiger partial charge in [0.1, 0.15) is 6.17 Å². The Balaban J connectivity index is 2.75. The largest absolute Gasteiger partial charge is 0.308 e. The highest BCUT2D eigenvalue weighted by Crippen LogP contribution is 1.94. The van der Waals surface area contributed by atoms with Crippen LogP contribution in [0.15, 0.2) is 18.5 Å². The third kappa shape index (κ3) is 1.47. The minimum Gasteiger partial charge on any atom is -0.308 e. The fourth-order valence-electron chi connectivity index (χ4n) is 0.546. The molecule has 5 heteroatoms. The summed E-state index contributed by atoms with van der Waals surface area (Å²) in [6, 6.07) is 1.72. The monoisotopic (exact) mass is 139 g/mol. The summed E-state index contributed by atoms with van der Waals surface area (Å²) >= 11 is 0. The predicted octanol–water partition coefficient (Wildman–Crippen LogP) is -1.10. The maximum Gasteiger partial charge on any atom is 0.160 e. The van der Waals surface area contributed by atoms with Gasteiger partial charge in [0.05, 0.1) is 0 Å². The molecule has 5 nitrogen and oxygen atoms in total. The van der Waals surface area contributed by atoms with Crippen molar-refractivity contribution in [3.63, 3.8) is 0 Å². The highest BCUT2D eigenvalue weighted by atomic mass is 15.3. The Morgan fingerprint density at radius 3 is 2.50 bits per heavy atom. The number of nitrogens with zero attached hydrogens (tertiary/aromatic N) is 2. The van der Waals surface area contributed by atoms with E-state index in [4.69, 9.17) is 11.6 Å². The van der Waals surface area contributed by atoms with Crippen LogP contribution >= 0.6 is 0 Å². The molecule has 0 aliphatic heterocycles. The second kappa shape index (κ2) is 3.21. The van der Waals surface area contributed by atoms with Crippen molar-refractivity contribution < 1.29 is 0 Å². The van der Waals surface area contributed by atoms with E-state index >= 15 is 0 Å². The van der Waals surface area contributed by atoms with Gasteiger partial charge in [0, 0.05) is 12.4 Å². The molecule has 1 aromatic rings. The standard InChI is InChI=1S/C5H9N5/c6-4(10-7)5-8-2-1-3-9-5/h1-4,10H,6-7H2. The zero-order valence-electron chi connectivity index (χ0n) is 5.36. The number of rotatable bonds is 2. The number of nitrogens with two attached hydrogens (primary N) is 2. The van der Waals surface area contributed by atoms with Crippen LogP contribution in [0.3, 0.4) is 0 Å². The number of hydrazine groups is 1. The molecule has 0 aromatic carbocycles. The summed E-state index contributed by atoms with van der Waals surface area (Å²) in [5.74, 6) is 5.54. The summed E-state index contributed by atoms with van der Waals surface area (Å²) in [4.78, 5) is 7.74. The second-order valence-corrected chi connectivity index (χ2v) is 1.75. The predicted molar refractivity (Wildman–Crippen MR) is 36.3 cm³/mol. The summed E-state index contributed by atoms with van der Waals surface area (Å²) in [6.45, 7) is 0. The first-order valence-corrected chi connectivity index (χ1v) is 2.83. The van der Waals surface area contributed by atoms with E-state index in [0.29, 0.717) is 5.82 Å². The lowest BCUT2D eigenvalue weighted by atomic mass is 10.5. The molecule has 0 amide bonds. The zero-order valence-corrected chi connectivity index (χ0v) is 5.36. The summed E-state index contributed by atoms with van der Waals surface area (Å²) in [6.07, 6.45) is 2.74. The van der Waals surface area contributed by atoms with Gasteiger partial charge in [0.15, 0.2) is 5.82 Å². The van der Waals surface area contributed by atoms with Gasteiger partial charge in [-0.05, 0) is 6.07 Å². The first-order valence-electron chi connectivity index (χ1n) is 2.83. The van der Waals surface area contributed by atoms with Crippen molar-refractivity contribution in [1.29, 1.82) is 0 Å². The third-order valence-corrected chi connectivity index (χ3v) is 1.04. The Morgan fingerprint density at radius 2 is 2.00 bits per heavy atom. The number of nitrogens with one attached hydrogen (secondary N) is 1. The van der Waals surface area contributed by atoms with Gasteiger partial charge in [-0.15, -0.1) is 0 Å². The van der Waals surface area contributed by atoms with Crippen LogP contribution in [0.25, 0.3) is 0 Å². The van der Waals surface area contributed by atoms with Crippen molar-refractivity contribution in [3.05, 3.63) is 24.3 Å². The first kappa shape index (κ1) is 7.07. The first-order chi connectivity index (χ1) is 4.84. The van der Waals surface area contributed by atoms with E-state index in [1.54, 1.807) is 18.5 Å². The molecule has 0 bridgehead atoms. The minimum atomic E-state index is -0.485. The van der Waals surface area contributed by atoms with Crippen molar-refractivity contribution >= 4 is 0 Å². The lowest BCUT2D eigenvalue weighted by molar-refractivity contribution is 0.545. The molecule has 1 aromatic heterocycles. The van der Waals surface area contributed by atoms with E-state index < -0.39 is 6.17 Å². The van der Waals surface area contributed by atoms with E-state index in [2.05, 4.69) is 15.4 Å². The molecule has 1 heterocycles. The van der Waals surface area contributed by atoms with Gasteiger partial charge in [0.25, 0.3) is 0 Å². The molecule has 0 saturated heterocycles. The Labute approximate surface area is 58.4 Å². The van der Waals surface area contributed by atoms with Gasteiger partial charge < -0.3 is 5.73 Å². The quantitative estimate of drug-likeness (QED) is 0.275. The number of hydrogen-bond donors (Lipinski definition) is 3. The van der Waals surface area contributed by atoms with Crippen LogP contribution in [0.4, 0.5) is 0 Å². The molecule has 5 N–H and O–H groups in total. The molecule has 0 aliphatic carbocycles. The summed E-state index contributed by atoms with van der Waals surface area (Å²) in [5, 5.41) is 0. The van der Waals surface area contributed by atoms with Crippen LogP contribution in [0.5, 0.6) is 0 Å². The average Bonchev–Trinajstić information content (AvgIpc) is 2.05. The molecule has 0 radical (unpaired) electrons. The average molecular weight is 139 g/mol. The van der Waals surface area contributed by atoms with Gasteiger partial charge in [-0.3, -0.25) is 5.84 Å². The number of hydrogen-bond acceptors (Lipinski definition) is 5. The van der Waals surface area contributed by atoms with E-state index in [9.17, 15) is 0 Å². The minimum absolute atomic E-state index is 0.485. The molecule has 0 saturated carbocycles. The summed E-state index contributed by atoms with van der Waals surface area (Å²) in [7, 11) is 0. The topological polar surface area (TPSA) is 89.8 Å². The lowest BCUT2D eigenvalue weighted by Crippen LogP contribution is -2.35. The van der Waals surface area contributed by atoms with Crippen LogP contribution in [0.1, 0.15) is 12.0 Å². The molecule has 54 valence electrons. The fourth-order valence-corrected chi connectivity index (χ4v) is 0.546. The summed E-state index contributed by atoms with van der Waals surface area (Å²) < 4.78 is 0. The normalized spacial score (nSPS) is 13.0. The Bertz CT molecular complexity index is 186. The number of aromatic nitrogens is 2. The molecule has 1 atom stereocenters. The third-order valence-electron chi connectivity index (χ3n) is 1.04. The molecule has 0 spiro atoms.